The van der Waals surface area contributed by atoms with Crippen LogP contribution in [0, 0.1) is 11.7 Å². The third kappa shape index (κ3) is 4.82. The molecule has 0 aromatic heterocycles. The monoisotopic (exact) mass is 324 g/mol. The van der Waals surface area contributed by atoms with E-state index < -0.39 is 5.82 Å². The van der Waals surface area contributed by atoms with Crippen LogP contribution in [0.4, 0.5) is 14.9 Å². The molecule has 1 aliphatic rings. The molecular weight excluding hydrogens is 299 g/mol. The molecule has 2 rings (SSSR count). The number of ether oxygens (including phenoxy) is 1. The largest absolute Gasteiger partial charge is 0.491 e. The minimum Gasteiger partial charge on any atom is -0.491 e. The van der Waals surface area contributed by atoms with E-state index in [1.165, 1.54) is 12.1 Å². The Labute approximate surface area is 136 Å². The number of hydrogen-bond acceptors (Lipinski definition) is 3. The van der Waals surface area contributed by atoms with Crippen LogP contribution in [0.2, 0.25) is 0 Å². The highest BCUT2D eigenvalue weighted by molar-refractivity contribution is 5.89. The number of nitrogens with one attached hydrogen (secondary N) is 1. The summed E-state index contributed by atoms with van der Waals surface area (Å²) >= 11 is 0. The highest BCUT2D eigenvalue weighted by Gasteiger charge is 2.25. The van der Waals surface area contributed by atoms with Gasteiger partial charge in [-0.15, -0.1) is 0 Å². The van der Waals surface area contributed by atoms with Gasteiger partial charge in [-0.05, 0) is 51.7 Å². The molecule has 6 heteroatoms. The molecule has 0 bridgehead atoms. The number of urea groups is 1. The van der Waals surface area contributed by atoms with Gasteiger partial charge < -0.3 is 20.1 Å². The molecule has 1 saturated heterocycles. The Balaban J connectivity index is 1.93. The summed E-state index contributed by atoms with van der Waals surface area (Å²) in [6.07, 6.45) is 1.12. The lowest BCUT2D eigenvalue weighted by Gasteiger charge is -2.33. The molecule has 23 heavy (non-hydrogen) atoms. The number of carbonyl (C=O) groups excluding carboxylic acids is 1. The fourth-order valence-electron chi connectivity index (χ4n) is 2.72. The van der Waals surface area contributed by atoms with Crippen LogP contribution < -0.4 is 10.1 Å². The van der Waals surface area contributed by atoms with Gasteiger partial charge in [0, 0.05) is 19.2 Å². The van der Waals surface area contributed by atoms with Crippen LogP contribution >= 0.6 is 0 Å². The van der Waals surface area contributed by atoms with Crippen molar-refractivity contribution in [3.05, 3.63) is 24.0 Å². The first-order valence-electron chi connectivity index (χ1n) is 8.07. The number of aliphatic hydroxyl groups is 1. The minimum atomic E-state index is -0.518. The van der Waals surface area contributed by atoms with E-state index in [0.717, 1.165) is 12.8 Å². The Morgan fingerprint density at radius 2 is 2.00 bits per heavy atom. The van der Waals surface area contributed by atoms with Crippen LogP contribution in [0.15, 0.2) is 18.2 Å². The van der Waals surface area contributed by atoms with Crippen molar-refractivity contribution in [1.82, 2.24) is 4.90 Å². The van der Waals surface area contributed by atoms with Crippen molar-refractivity contribution >= 4 is 11.7 Å². The van der Waals surface area contributed by atoms with Crippen LogP contribution in [0.25, 0.3) is 0 Å². The number of amides is 2. The van der Waals surface area contributed by atoms with Crippen LogP contribution in [-0.4, -0.2) is 41.3 Å². The number of benzene rings is 1. The number of likely N-dealkylation sites (tertiary alicyclic amines) is 1. The van der Waals surface area contributed by atoms with Crippen molar-refractivity contribution in [3.8, 4) is 5.75 Å². The maximum Gasteiger partial charge on any atom is 0.321 e. The van der Waals surface area contributed by atoms with Gasteiger partial charge in [-0.2, -0.15) is 0 Å². The molecule has 1 heterocycles. The van der Waals surface area contributed by atoms with Crippen molar-refractivity contribution in [2.75, 3.05) is 18.4 Å². The van der Waals surface area contributed by atoms with Gasteiger partial charge in [0.1, 0.15) is 11.6 Å². The number of carbonyl (C=O) groups is 1. The van der Waals surface area contributed by atoms with Gasteiger partial charge in [0.15, 0.2) is 0 Å². The topological polar surface area (TPSA) is 61.8 Å². The normalized spacial score (nSPS) is 17.2. The Morgan fingerprint density at radius 3 is 2.52 bits per heavy atom. The zero-order valence-corrected chi connectivity index (χ0v) is 13.9. The molecule has 2 amide bonds. The highest BCUT2D eigenvalue weighted by Crippen LogP contribution is 2.24. The van der Waals surface area contributed by atoms with Crippen LogP contribution in [-0.2, 0) is 0 Å². The molecule has 1 fully saturated rings. The first-order valence-corrected chi connectivity index (χ1v) is 8.07. The Bertz CT molecular complexity index is 541. The molecule has 128 valence electrons. The summed E-state index contributed by atoms with van der Waals surface area (Å²) in [5.41, 5.74) is 0.142. The molecule has 0 spiro atoms. The third-order valence-corrected chi connectivity index (χ3v) is 4.06. The zero-order valence-electron chi connectivity index (χ0n) is 13.9. The number of anilines is 1. The van der Waals surface area contributed by atoms with Crippen molar-refractivity contribution in [3.63, 3.8) is 0 Å². The van der Waals surface area contributed by atoms with E-state index in [-0.39, 0.29) is 29.8 Å². The van der Waals surface area contributed by atoms with Gasteiger partial charge in [-0.1, -0.05) is 0 Å². The molecule has 1 aliphatic heterocycles. The summed E-state index contributed by atoms with van der Waals surface area (Å²) in [4.78, 5) is 13.9. The highest BCUT2D eigenvalue weighted by atomic mass is 19.1. The molecule has 1 unspecified atom stereocenters. The molecule has 5 nitrogen and oxygen atoms in total. The number of halogens is 1. The lowest BCUT2D eigenvalue weighted by atomic mass is 9.92. The number of hydrogen-bond donors (Lipinski definition) is 2. The van der Waals surface area contributed by atoms with Crippen LogP contribution in [0.5, 0.6) is 5.75 Å². The van der Waals surface area contributed by atoms with Crippen LogP contribution in [0.1, 0.15) is 33.6 Å². The average Bonchev–Trinajstić information content (AvgIpc) is 2.49. The van der Waals surface area contributed by atoms with Crippen molar-refractivity contribution in [2.45, 2.75) is 45.8 Å². The number of aliphatic hydroxyl groups excluding tert-OH is 1. The maximum absolute atomic E-state index is 14.0. The van der Waals surface area contributed by atoms with E-state index in [2.05, 4.69) is 5.32 Å². The third-order valence-electron chi connectivity index (χ3n) is 4.06. The fraction of sp³-hybridized carbons (Fsp3) is 0.588. The second-order valence-electron chi connectivity index (χ2n) is 6.30. The zero-order chi connectivity index (χ0) is 17.0. The van der Waals surface area contributed by atoms with Crippen LogP contribution in [0.3, 0.4) is 0 Å². The van der Waals surface area contributed by atoms with E-state index in [1.807, 2.05) is 13.8 Å². The fourth-order valence-corrected chi connectivity index (χ4v) is 2.72. The summed E-state index contributed by atoms with van der Waals surface area (Å²) < 4.78 is 19.5. The van der Waals surface area contributed by atoms with Gasteiger partial charge in [0.25, 0.3) is 0 Å². The van der Waals surface area contributed by atoms with E-state index >= 15 is 0 Å². The summed E-state index contributed by atoms with van der Waals surface area (Å²) in [5, 5.41) is 12.2. The van der Waals surface area contributed by atoms with E-state index in [9.17, 15) is 14.3 Å². The van der Waals surface area contributed by atoms with Crippen molar-refractivity contribution < 1.29 is 19.0 Å². The Morgan fingerprint density at radius 1 is 1.35 bits per heavy atom. The molecule has 0 aliphatic carbocycles. The van der Waals surface area contributed by atoms with Gasteiger partial charge in [-0.25, -0.2) is 9.18 Å². The van der Waals surface area contributed by atoms with E-state index in [4.69, 9.17) is 4.74 Å². The minimum absolute atomic E-state index is 0.0370. The summed E-state index contributed by atoms with van der Waals surface area (Å²) in [6, 6.07) is 4.10. The second-order valence-corrected chi connectivity index (χ2v) is 6.30. The SMILES string of the molecule is CC(C)Oc1ccc(NC(=O)N2CCC(C(C)O)CC2)c(F)c1. The molecule has 1 aromatic rings. The van der Waals surface area contributed by atoms with Gasteiger partial charge in [-0.3, -0.25) is 0 Å². The molecule has 1 aromatic carbocycles. The average molecular weight is 324 g/mol. The Hall–Kier alpha value is -1.82. The predicted octanol–water partition coefficient (Wildman–Crippen LogP) is 3.24. The summed E-state index contributed by atoms with van der Waals surface area (Å²) in [6.45, 7) is 6.64. The molecular formula is C17H25FN2O3. The van der Waals surface area contributed by atoms with E-state index in [0.29, 0.717) is 18.8 Å². The molecule has 0 radical (unpaired) electrons. The summed E-state index contributed by atoms with van der Waals surface area (Å²) in [5.74, 6) is 0.145. The number of nitrogens with zero attached hydrogens (tertiary/aromatic N) is 1. The van der Waals surface area contributed by atoms with Gasteiger partial charge >= 0.3 is 6.03 Å². The standard InChI is InChI=1S/C17H25FN2O3/c1-11(2)23-14-4-5-16(15(18)10-14)19-17(22)20-8-6-13(7-9-20)12(3)21/h4-5,10-13,21H,6-9H2,1-3H3,(H,19,22). The van der Waals surface area contributed by atoms with Crippen molar-refractivity contribution in [1.29, 1.82) is 0 Å². The molecule has 1 atom stereocenters. The smallest absolute Gasteiger partial charge is 0.321 e. The second kappa shape index (κ2) is 7.64. The number of rotatable bonds is 4. The van der Waals surface area contributed by atoms with Crippen molar-refractivity contribution in [2.24, 2.45) is 5.92 Å². The Kier molecular flexibility index (Phi) is 5.82. The first kappa shape index (κ1) is 17.5. The van der Waals surface area contributed by atoms with Gasteiger partial charge in [0.05, 0.1) is 17.9 Å². The summed E-state index contributed by atoms with van der Waals surface area (Å²) in [7, 11) is 0. The predicted molar refractivity (Wildman–Crippen MR) is 87.2 cm³/mol. The lowest BCUT2D eigenvalue weighted by molar-refractivity contribution is 0.0820. The quantitative estimate of drug-likeness (QED) is 0.894. The van der Waals surface area contributed by atoms with Gasteiger partial charge in [0.2, 0.25) is 0 Å². The maximum atomic E-state index is 14.0. The molecule has 2 N–H and O–H groups in total. The molecule has 0 saturated carbocycles. The first-order chi connectivity index (χ1) is 10.9. The lowest BCUT2D eigenvalue weighted by Crippen LogP contribution is -2.42. The van der Waals surface area contributed by atoms with E-state index in [1.54, 1.807) is 17.9 Å². The number of piperidine rings is 1.